The van der Waals surface area contributed by atoms with E-state index in [9.17, 15) is 9.59 Å². The van der Waals surface area contributed by atoms with Gasteiger partial charge in [-0.1, -0.05) is 53.5 Å². The first kappa shape index (κ1) is 15.8. The molecule has 0 aromatic heterocycles. The summed E-state index contributed by atoms with van der Waals surface area (Å²) in [6.07, 6.45) is 1.38. The Balaban J connectivity index is 1.79. The Morgan fingerprint density at radius 3 is 2.12 bits per heavy atom. The fraction of sp³-hybridized carbons (Fsp3) is 0. The molecule has 6 heteroatoms. The molecule has 3 aromatic rings. The molecule has 4 rings (SSSR count). The summed E-state index contributed by atoms with van der Waals surface area (Å²) in [4.78, 5) is 25.4. The van der Waals surface area contributed by atoms with Gasteiger partial charge in [0, 0.05) is 16.0 Å². The molecule has 0 bridgehead atoms. The second-order valence-electron chi connectivity index (χ2n) is 5.54. The first-order valence-corrected chi connectivity index (χ1v) is 8.21. The van der Waals surface area contributed by atoms with Crippen LogP contribution in [0.2, 0.25) is 10.0 Å². The van der Waals surface area contributed by atoms with Crippen molar-refractivity contribution in [3.63, 3.8) is 0 Å². The van der Waals surface area contributed by atoms with Crippen LogP contribution in [-0.2, 0) is 0 Å². The largest absolute Gasteiger partial charge is 0.282 e. The van der Waals surface area contributed by atoms with E-state index in [-0.39, 0.29) is 0 Å². The van der Waals surface area contributed by atoms with Crippen molar-refractivity contribution < 1.29 is 9.59 Å². The number of hydrazone groups is 1. The summed E-state index contributed by atoms with van der Waals surface area (Å²) in [6.45, 7) is 0. The van der Waals surface area contributed by atoms with Gasteiger partial charge in [0.05, 0.1) is 22.4 Å². The first-order chi connectivity index (χ1) is 12.1. The smallest absolute Gasteiger partial charge is 0.267 e. The van der Waals surface area contributed by atoms with Crippen LogP contribution in [0.3, 0.4) is 0 Å². The Hall–Kier alpha value is -2.69. The van der Waals surface area contributed by atoms with Crippen LogP contribution in [-0.4, -0.2) is 23.0 Å². The van der Waals surface area contributed by atoms with Crippen LogP contribution in [0.25, 0.3) is 10.8 Å². The minimum Gasteiger partial charge on any atom is -0.267 e. The molecule has 1 aliphatic heterocycles. The third kappa shape index (κ3) is 2.60. The number of halogens is 2. The average molecular weight is 369 g/mol. The summed E-state index contributed by atoms with van der Waals surface area (Å²) in [6, 6.07) is 15.6. The molecule has 0 atom stereocenters. The highest BCUT2D eigenvalue weighted by Gasteiger charge is 2.32. The maximum Gasteiger partial charge on any atom is 0.282 e. The lowest BCUT2D eigenvalue weighted by molar-refractivity contribution is 0.0616. The number of benzene rings is 3. The predicted octanol–water partition coefficient (Wildman–Crippen LogP) is 4.78. The Morgan fingerprint density at radius 1 is 0.880 bits per heavy atom. The maximum atomic E-state index is 12.7. The molecule has 122 valence electrons. The third-order valence-corrected chi connectivity index (χ3v) is 4.59. The van der Waals surface area contributed by atoms with Crippen LogP contribution in [0.1, 0.15) is 26.3 Å². The Bertz CT molecular complexity index is 1030. The Labute approximate surface area is 153 Å². The molecule has 1 aliphatic rings. The summed E-state index contributed by atoms with van der Waals surface area (Å²) in [5, 5.41) is 7.33. The van der Waals surface area contributed by atoms with Crippen LogP contribution >= 0.6 is 23.2 Å². The third-order valence-electron chi connectivity index (χ3n) is 4.03. The van der Waals surface area contributed by atoms with E-state index in [1.165, 1.54) is 6.21 Å². The molecule has 3 aromatic carbocycles. The number of carbonyl (C=O) groups excluding carboxylic acids is 2. The second-order valence-corrected chi connectivity index (χ2v) is 6.39. The van der Waals surface area contributed by atoms with E-state index < -0.39 is 11.8 Å². The van der Waals surface area contributed by atoms with E-state index in [0.717, 1.165) is 10.4 Å². The molecule has 2 amide bonds. The van der Waals surface area contributed by atoms with Crippen molar-refractivity contribution >= 4 is 52.0 Å². The van der Waals surface area contributed by atoms with Gasteiger partial charge in [-0.25, -0.2) is 0 Å². The van der Waals surface area contributed by atoms with E-state index in [2.05, 4.69) is 5.10 Å². The van der Waals surface area contributed by atoms with E-state index in [4.69, 9.17) is 23.2 Å². The highest BCUT2D eigenvalue weighted by Crippen LogP contribution is 2.30. The monoisotopic (exact) mass is 368 g/mol. The van der Waals surface area contributed by atoms with Crippen molar-refractivity contribution in [3.8, 4) is 0 Å². The Morgan fingerprint density at radius 2 is 1.52 bits per heavy atom. The van der Waals surface area contributed by atoms with Crippen LogP contribution in [0.5, 0.6) is 0 Å². The van der Waals surface area contributed by atoms with Gasteiger partial charge in [-0.3, -0.25) is 9.59 Å². The summed E-state index contributed by atoms with van der Waals surface area (Å²) < 4.78 is 0. The lowest BCUT2D eigenvalue weighted by Gasteiger charge is -2.23. The quantitative estimate of drug-likeness (QED) is 0.482. The van der Waals surface area contributed by atoms with Crippen molar-refractivity contribution in [1.82, 2.24) is 5.01 Å². The van der Waals surface area contributed by atoms with E-state index >= 15 is 0 Å². The molecule has 0 radical (unpaired) electrons. The van der Waals surface area contributed by atoms with Gasteiger partial charge in [0.2, 0.25) is 0 Å². The number of nitrogens with zero attached hydrogens (tertiary/aromatic N) is 2. The zero-order chi connectivity index (χ0) is 17.6. The van der Waals surface area contributed by atoms with Crippen molar-refractivity contribution in [3.05, 3.63) is 81.3 Å². The number of carbonyl (C=O) groups is 2. The molecular formula is C19H10Cl2N2O2. The van der Waals surface area contributed by atoms with Gasteiger partial charge in [-0.05, 0) is 29.7 Å². The highest BCUT2D eigenvalue weighted by atomic mass is 35.5. The first-order valence-electron chi connectivity index (χ1n) is 7.46. The zero-order valence-corrected chi connectivity index (χ0v) is 14.3. The molecular weight excluding hydrogens is 359 g/mol. The minimum atomic E-state index is -0.462. The van der Waals surface area contributed by atoms with Gasteiger partial charge in [-0.15, -0.1) is 0 Å². The van der Waals surface area contributed by atoms with Crippen LogP contribution in [0.4, 0.5) is 0 Å². The summed E-state index contributed by atoms with van der Waals surface area (Å²) in [7, 11) is 0. The van der Waals surface area contributed by atoms with Gasteiger partial charge >= 0.3 is 0 Å². The normalized spacial score (nSPS) is 13.9. The number of imide groups is 1. The van der Waals surface area contributed by atoms with Crippen LogP contribution in [0, 0.1) is 0 Å². The predicted molar refractivity (Wildman–Crippen MR) is 98.5 cm³/mol. The highest BCUT2D eigenvalue weighted by molar-refractivity contribution is 6.36. The van der Waals surface area contributed by atoms with Gasteiger partial charge < -0.3 is 0 Å². The summed E-state index contributed by atoms with van der Waals surface area (Å²) in [5.41, 5.74) is 1.46. The molecule has 0 unspecified atom stereocenters. The number of rotatable bonds is 2. The van der Waals surface area contributed by atoms with E-state index in [0.29, 0.717) is 32.1 Å². The molecule has 0 spiro atoms. The molecule has 0 saturated heterocycles. The van der Waals surface area contributed by atoms with E-state index in [1.54, 1.807) is 42.5 Å². The van der Waals surface area contributed by atoms with Crippen molar-refractivity contribution in [2.75, 3.05) is 0 Å². The zero-order valence-electron chi connectivity index (χ0n) is 12.7. The van der Waals surface area contributed by atoms with Crippen molar-refractivity contribution in [2.45, 2.75) is 0 Å². The average Bonchev–Trinajstić information content (AvgIpc) is 2.61. The molecule has 1 heterocycles. The van der Waals surface area contributed by atoms with Gasteiger partial charge in [-0.2, -0.15) is 10.1 Å². The van der Waals surface area contributed by atoms with Crippen molar-refractivity contribution in [1.29, 1.82) is 0 Å². The minimum absolute atomic E-state index is 0.385. The van der Waals surface area contributed by atoms with Gasteiger partial charge in [0.25, 0.3) is 11.8 Å². The number of hydrogen-bond donors (Lipinski definition) is 0. The topological polar surface area (TPSA) is 49.7 Å². The molecule has 0 N–H and O–H groups in total. The fourth-order valence-electron chi connectivity index (χ4n) is 2.85. The van der Waals surface area contributed by atoms with Crippen molar-refractivity contribution in [2.24, 2.45) is 5.10 Å². The van der Waals surface area contributed by atoms with Gasteiger partial charge in [0.1, 0.15) is 0 Å². The molecule has 0 aliphatic carbocycles. The second kappa shape index (κ2) is 5.99. The Kier molecular flexibility index (Phi) is 3.79. The molecule has 25 heavy (non-hydrogen) atoms. The van der Waals surface area contributed by atoms with Gasteiger partial charge in [0.15, 0.2) is 0 Å². The number of amides is 2. The summed E-state index contributed by atoms with van der Waals surface area (Å²) >= 11 is 12.0. The lowest BCUT2D eigenvalue weighted by atomic mass is 9.95. The molecule has 0 fully saturated rings. The standard InChI is InChI=1S/C19H10Cl2N2O2/c20-13-8-7-12(16(21)9-13)10-22-23-18(24)14-5-1-3-11-4-2-6-15(17(11)14)19(23)25/h1-10H/b22-10+. The molecule has 4 nitrogen and oxygen atoms in total. The maximum absolute atomic E-state index is 12.7. The fourth-order valence-corrected chi connectivity index (χ4v) is 3.31. The van der Waals surface area contributed by atoms with Crippen LogP contribution < -0.4 is 0 Å². The van der Waals surface area contributed by atoms with E-state index in [1.807, 2.05) is 12.1 Å². The molecule has 0 saturated carbocycles. The number of hydrogen-bond acceptors (Lipinski definition) is 3. The SMILES string of the molecule is O=C1c2cccc3cccc(c23)C(=O)N1/N=C/c1ccc(Cl)cc1Cl. The summed E-state index contributed by atoms with van der Waals surface area (Å²) in [5.74, 6) is -0.925. The van der Waals surface area contributed by atoms with Crippen LogP contribution in [0.15, 0.2) is 59.7 Å². The lowest BCUT2D eigenvalue weighted by Crippen LogP contribution is -2.36.